The number of nitrogens with two attached hydrogens (primary N) is 2. The first-order valence-corrected chi connectivity index (χ1v) is 6.84. The van der Waals surface area contributed by atoms with Crippen molar-refractivity contribution >= 4 is 21.7 Å². The first kappa shape index (κ1) is 14.3. The summed E-state index contributed by atoms with van der Waals surface area (Å²) in [7, 11) is -1.93. The fraction of sp³-hybridized carbons (Fsp3) is 0.300. The van der Waals surface area contributed by atoms with Crippen molar-refractivity contribution in [2.24, 2.45) is 15.9 Å². The predicted molar refractivity (Wildman–Crippen MR) is 71.1 cm³/mol. The third-order valence-electron chi connectivity index (χ3n) is 2.02. The van der Waals surface area contributed by atoms with E-state index in [1.165, 1.54) is 0 Å². The number of sulfonamides is 1. The van der Waals surface area contributed by atoms with Crippen LogP contribution in [0.25, 0.3) is 0 Å². The Hall–Kier alpha value is -1.80. The molecule has 7 nitrogen and oxygen atoms in total. The number of primary sulfonamides is 1. The lowest BCUT2D eigenvalue weighted by molar-refractivity contribution is 0.415. The summed E-state index contributed by atoms with van der Waals surface area (Å²) in [6.07, 6.45) is 0. The third-order valence-corrected chi connectivity index (χ3v) is 2.77. The molecule has 5 N–H and O–H groups in total. The van der Waals surface area contributed by atoms with Crippen LogP contribution in [0.1, 0.15) is 0 Å². The Kier molecular flexibility index (Phi) is 4.93. The number of aliphatic imine (C=N–C) groups is 1. The summed E-state index contributed by atoms with van der Waals surface area (Å²) in [4.78, 5) is 3.84. The van der Waals surface area contributed by atoms with Crippen LogP contribution in [-0.2, 0) is 10.0 Å². The van der Waals surface area contributed by atoms with Crippen molar-refractivity contribution in [3.05, 3.63) is 24.3 Å². The fourth-order valence-corrected chi connectivity index (χ4v) is 1.50. The molecule has 0 fully saturated rings. The summed E-state index contributed by atoms with van der Waals surface area (Å²) in [5, 5.41) is 7.65. The zero-order chi connectivity index (χ0) is 13.6. The highest BCUT2D eigenvalue weighted by atomic mass is 32.2. The molecular weight excluding hydrogens is 256 g/mol. The van der Waals surface area contributed by atoms with Gasteiger partial charge in [0.25, 0.3) is 0 Å². The molecule has 18 heavy (non-hydrogen) atoms. The Morgan fingerprint density at radius 1 is 1.39 bits per heavy atom. The number of ether oxygens (including phenoxy) is 1. The van der Waals surface area contributed by atoms with E-state index in [0.717, 1.165) is 11.4 Å². The fourth-order valence-electron chi connectivity index (χ4n) is 1.16. The SMILES string of the molecule is COc1ccc(NC(N)=NCCS(N)(=O)=O)cc1. The van der Waals surface area contributed by atoms with Crippen LogP contribution in [0, 0.1) is 0 Å². The molecule has 0 amide bonds. The van der Waals surface area contributed by atoms with Gasteiger partial charge < -0.3 is 15.8 Å². The summed E-state index contributed by atoms with van der Waals surface area (Å²) in [6, 6.07) is 7.06. The molecule has 0 saturated heterocycles. The van der Waals surface area contributed by atoms with E-state index in [0.29, 0.717) is 0 Å². The highest BCUT2D eigenvalue weighted by Crippen LogP contribution is 2.14. The van der Waals surface area contributed by atoms with Crippen LogP contribution in [0.2, 0.25) is 0 Å². The van der Waals surface area contributed by atoms with Gasteiger partial charge in [-0.1, -0.05) is 0 Å². The number of guanidine groups is 1. The molecule has 0 aliphatic carbocycles. The van der Waals surface area contributed by atoms with Gasteiger partial charge in [-0.25, -0.2) is 13.6 Å². The molecule has 1 rings (SSSR count). The Balaban J connectivity index is 2.52. The summed E-state index contributed by atoms with van der Waals surface area (Å²) in [5.74, 6) is 0.618. The topological polar surface area (TPSA) is 120 Å². The van der Waals surface area contributed by atoms with Gasteiger partial charge >= 0.3 is 0 Å². The van der Waals surface area contributed by atoms with Crippen LogP contribution in [0.3, 0.4) is 0 Å². The van der Waals surface area contributed by atoms with Gasteiger partial charge in [-0.05, 0) is 24.3 Å². The summed E-state index contributed by atoms with van der Waals surface area (Å²) in [5.41, 5.74) is 6.31. The van der Waals surface area contributed by atoms with Gasteiger partial charge in [0.1, 0.15) is 5.75 Å². The second-order valence-electron chi connectivity index (χ2n) is 3.49. The van der Waals surface area contributed by atoms with Crippen LogP contribution in [0.5, 0.6) is 5.75 Å². The van der Waals surface area contributed by atoms with Crippen molar-refractivity contribution in [1.29, 1.82) is 0 Å². The molecule has 0 heterocycles. The van der Waals surface area contributed by atoms with Crippen molar-refractivity contribution in [2.45, 2.75) is 0 Å². The zero-order valence-corrected chi connectivity index (χ0v) is 10.8. The number of methoxy groups -OCH3 is 1. The predicted octanol–water partition coefficient (Wildman–Crippen LogP) is -0.290. The first-order chi connectivity index (χ1) is 8.40. The van der Waals surface area contributed by atoms with Crippen molar-refractivity contribution in [1.82, 2.24) is 0 Å². The molecule has 1 aromatic rings. The number of benzene rings is 1. The molecule has 0 aliphatic heterocycles. The molecule has 0 bridgehead atoms. The number of hydrogen-bond acceptors (Lipinski definition) is 4. The molecule has 8 heteroatoms. The van der Waals surface area contributed by atoms with Gasteiger partial charge in [-0.2, -0.15) is 0 Å². The third kappa shape index (κ3) is 5.51. The van der Waals surface area contributed by atoms with Gasteiger partial charge in [-0.3, -0.25) is 4.99 Å². The maximum Gasteiger partial charge on any atom is 0.210 e. The second-order valence-corrected chi connectivity index (χ2v) is 5.22. The van der Waals surface area contributed by atoms with E-state index >= 15 is 0 Å². The Morgan fingerprint density at radius 2 is 2.00 bits per heavy atom. The zero-order valence-electron chi connectivity index (χ0n) is 9.96. The van der Waals surface area contributed by atoms with Crippen molar-refractivity contribution in [3.8, 4) is 5.75 Å². The lowest BCUT2D eigenvalue weighted by Gasteiger charge is -2.06. The van der Waals surface area contributed by atoms with E-state index in [2.05, 4.69) is 10.3 Å². The molecule has 0 saturated carbocycles. The standard InChI is InChI=1S/C10H16N4O3S/c1-17-9-4-2-8(3-5-9)14-10(11)13-6-7-18(12,15)16/h2-5H,6-7H2,1H3,(H3,11,13,14)(H2,12,15,16). The van der Waals surface area contributed by atoms with E-state index in [-0.39, 0.29) is 18.3 Å². The smallest absolute Gasteiger partial charge is 0.210 e. The summed E-state index contributed by atoms with van der Waals surface area (Å²) >= 11 is 0. The van der Waals surface area contributed by atoms with E-state index in [4.69, 9.17) is 15.6 Å². The molecule has 100 valence electrons. The molecule has 0 aliphatic rings. The highest BCUT2D eigenvalue weighted by molar-refractivity contribution is 7.89. The van der Waals surface area contributed by atoms with Crippen LogP contribution in [0.4, 0.5) is 5.69 Å². The normalized spacial score (nSPS) is 12.2. The lowest BCUT2D eigenvalue weighted by Crippen LogP contribution is -2.25. The largest absolute Gasteiger partial charge is 0.497 e. The van der Waals surface area contributed by atoms with Crippen molar-refractivity contribution in [3.63, 3.8) is 0 Å². The average molecular weight is 272 g/mol. The van der Waals surface area contributed by atoms with E-state index in [1.807, 2.05) is 0 Å². The van der Waals surface area contributed by atoms with Gasteiger partial charge in [0, 0.05) is 5.69 Å². The molecule has 0 atom stereocenters. The maximum absolute atomic E-state index is 10.7. The summed E-state index contributed by atoms with van der Waals surface area (Å²) in [6.45, 7) is 0.0216. The van der Waals surface area contributed by atoms with Crippen LogP contribution < -0.4 is 20.9 Å². The lowest BCUT2D eigenvalue weighted by atomic mass is 10.3. The minimum absolute atomic E-state index is 0.0216. The van der Waals surface area contributed by atoms with E-state index in [1.54, 1.807) is 31.4 Å². The molecule has 0 radical (unpaired) electrons. The molecule has 0 unspecified atom stereocenters. The second kappa shape index (κ2) is 6.22. The monoisotopic (exact) mass is 272 g/mol. The number of nitrogens with one attached hydrogen (secondary N) is 1. The Bertz CT molecular complexity index is 510. The maximum atomic E-state index is 10.7. The van der Waals surface area contributed by atoms with Crippen molar-refractivity contribution in [2.75, 3.05) is 24.7 Å². The van der Waals surface area contributed by atoms with Crippen LogP contribution >= 0.6 is 0 Å². The van der Waals surface area contributed by atoms with Crippen LogP contribution in [-0.4, -0.2) is 33.8 Å². The molecule has 1 aromatic carbocycles. The number of rotatable bonds is 5. The van der Waals surface area contributed by atoms with Gasteiger partial charge in [-0.15, -0.1) is 0 Å². The van der Waals surface area contributed by atoms with Crippen molar-refractivity contribution < 1.29 is 13.2 Å². The van der Waals surface area contributed by atoms with E-state index in [9.17, 15) is 8.42 Å². The highest BCUT2D eigenvalue weighted by Gasteiger charge is 2.01. The Morgan fingerprint density at radius 3 is 2.50 bits per heavy atom. The minimum atomic E-state index is -3.51. The molecule has 0 spiro atoms. The first-order valence-electron chi connectivity index (χ1n) is 5.12. The average Bonchev–Trinajstić information content (AvgIpc) is 2.28. The van der Waals surface area contributed by atoms with Crippen LogP contribution in [0.15, 0.2) is 29.3 Å². The number of hydrogen-bond donors (Lipinski definition) is 3. The molecular formula is C10H16N4O3S. The van der Waals surface area contributed by atoms with Gasteiger partial charge in [0.05, 0.1) is 19.4 Å². The van der Waals surface area contributed by atoms with Gasteiger partial charge in [0.15, 0.2) is 5.96 Å². The molecule has 0 aromatic heterocycles. The number of nitrogens with zero attached hydrogens (tertiary/aromatic N) is 1. The van der Waals surface area contributed by atoms with Gasteiger partial charge in [0.2, 0.25) is 10.0 Å². The minimum Gasteiger partial charge on any atom is -0.497 e. The Labute approximate surface area is 106 Å². The quantitative estimate of drug-likeness (QED) is 0.502. The summed E-state index contributed by atoms with van der Waals surface area (Å²) < 4.78 is 26.4. The van der Waals surface area contributed by atoms with E-state index < -0.39 is 10.0 Å². The number of anilines is 1.